The minimum atomic E-state index is -0.355. The van der Waals surface area contributed by atoms with E-state index in [0.717, 1.165) is 31.7 Å². The molecule has 24 heavy (non-hydrogen) atoms. The second-order valence-electron chi connectivity index (χ2n) is 5.45. The summed E-state index contributed by atoms with van der Waals surface area (Å²) in [6.45, 7) is 3.87. The van der Waals surface area contributed by atoms with Crippen LogP contribution in [0.25, 0.3) is 0 Å². The average molecular weight is 370 g/mol. The summed E-state index contributed by atoms with van der Waals surface area (Å²) in [5.41, 5.74) is 2.45. The van der Waals surface area contributed by atoms with Crippen molar-refractivity contribution in [3.05, 3.63) is 75.8 Å². The van der Waals surface area contributed by atoms with Gasteiger partial charge in [-0.15, -0.1) is 24.8 Å². The summed E-state index contributed by atoms with van der Waals surface area (Å²) in [6.07, 6.45) is 0. The maximum atomic E-state index is 10.8. The first-order valence-electron chi connectivity index (χ1n) is 7.50. The van der Waals surface area contributed by atoms with Crippen molar-refractivity contribution in [3.63, 3.8) is 0 Å². The molecule has 0 radical (unpaired) electrons. The Bertz CT molecular complexity index is 632. The standard InChI is InChI=1S/C17H19N3O2.2ClH/c21-20(22)16-8-6-15(7-9-16)17(14-4-2-1-3-5-14)19-12-10-18-11-13-19;;/h1-9,17-18H,10-13H2;2*1H. The van der Waals surface area contributed by atoms with Crippen LogP contribution in [0.15, 0.2) is 54.6 Å². The zero-order chi connectivity index (χ0) is 15.4. The molecule has 1 saturated heterocycles. The summed E-state index contributed by atoms with van der Waals surface area (Å²) >= 11 is 0. The molecule has 7 heteroatoms. The number of halogens is 2. The molecule has 130 valence electrons. The van der Waals surface area contributed by atoms with Crippen LogP contribution in [-0.2, 0) is 0 Å². The van der Waals surface area contributed by atoms with Gasteiger partial charge in [-0.1, -0.05) is 42.5 Å². The Morgan fingerprint density at radius 2 is 1.46 bits per heavy atom. The van der Waals surface area contributed by atoms with E-state index in [4.69, 9.17) is 0 Å². The number of nitro groups is 1. The van der Waals surface area contributed by atoms with Crippen LogP contribution in [0, 0.1) is 10.1 Å². The van der Waals surface area contributed by atoms with Gasteiger partial charge in [-0.25, -0.2) is 0 Å². The fraction of sp³-hybridized carbons (Fsp3) is 0.294. The third-order valence-electron chi connectivity index (χ3n) is 4.05. The Morgan fingerprint density at radius 1 is 0.917 bits per heavy atom. The van der Waals surface area contributed by atoms with Crippen LogP contribution < -0.4 is 5.32 Å². The SMILES string of the molecule is Cl.Cl.O=[N+]([O-])c1ccc(C(c2ccccc2)N2CCNCC2)cc1. The number of rotatable bonds is 4. The highest BCUT2D eigenvalue weighted by atomic mass is 35.5. The Hall–Kier alpha value is -1.66. The molecular weight excluding hydrogens is 349 g/mol. The monoisotopic (exact) mass is 369 g/mol. The lowest BCUT2D eigenvalue weighted by molar-refractivity contribution is -0.384. The van der Waals surface area contributed by atoms with Gasteiger partial charge in [0, 0.05) is 38.3 Å². The maximum Gasteiger partial charge on any atom is 0.269 e. The van der Waals surface area contributed by atoms with Gasteiger partial charge in [0.05, 0.1) is 11.0 Å². The van der Waals surface area contributed by atoms with Crippen LogP contribution in [0.2, 0.25) is 0 Å². The molecule has 1 aliphatic heterocycles. The minimum Gasteiger partial charge on any atom is -0.314 e. The lowest BCUT2D eigenvalue weighted by atomic mass is 9.96. The number of nitrogens with one attached hydrogen (secondary N) is 1. The van der Waals surface area contributed by atoms with Crippen molar-refractivity contribution in [3.8, 4) is 0 Å². The van der Waals surface area contributed by atoms with Crippen LogP contribution >= 0.6 is 24.8 Å². The molecule has 0 amide bonds. The van der Waals surface area contributed by atoms with Crippen molar-refractivity contribution in [2.24, 2.45) is 0 Å². The van der Waals surface area contributed by atoms with E-state index >= 15 is 0 Å². The van der Waals surface area contributed by atoms with Crippen LogP contribution in [0.3, 0.4) is 0 Å². The third-order valence-corrected chi connectivity index (χ3v) is 4.05. The summed E-state index contributed by atoms with van der Waals surface area (Å²) in [5, 5.41) is 14.2. The predicted octanol–water partition coefficient (Wildman–Crippen LogP) is 3.43. The fourth-order valence-electron chi connectivity index (χ4n) is 2.97. The lowest BCUT2D eigenvalue weighted by Gasteiger charge is -2.35. The van der Waals surface area contributed by atoms with Gasteiger partial charge in [-0.05, 0) is 11.1 Å². The van der Waals surface area contributed by atoms with Gasteiger partial charge in [0.1, 0.15) is 0 Å². The van der Waals surface area contributed by atoms with Crippen LogP contribution in [0.5, 0.6) is 0 Å². The number of hydrogen-bond acceptors (Lipinski definition) is 4. The number of piperazine rings is 1. The molecule has 0 aromatic heterocycles. The molecule has 0 saturated carbocycles. The van der Waals surface area contributed by atoms with E-state index in [9.17, 15) is 10.1 Å². The smallest absolute Gasteiger partial charge is 0.269 e. The molecule has 1 atom stereocenters. The Kier molecular flexibility index (Phi) is 8.15. The molecule has 1 fully saturated rings. The Morgan fingerprint density at radius 3 is 2.00 bits per heavy atom. The molecule has 0 aliphatic carbocycles. The van der Waals surface area contributed by atoms with Crippen LogP contribution in [0.1, 0.15) is 17.2 Å². The number of benzene rings is 2. The molecule has 0 bridgehead atoms. The van der Waals surface area contributed by atoms with Crippen LogP contribution in [0.4, 0.5) is 5.69 Å². The van der Waals surface area contributed by atoms with E-state index in [1.165, 1.54) is 5.56 Å². The molecule has 1 aliphatic rings. The van der Waals surface area contributed by atoms with Gasteiger partial charge >= 0.3 is 0 Å². The number of nitrogens with zero attached hydrogens (tertiary/aromatic N) is 2. The second kappa shape index (κ2) is 9.59. The summed E-state index contributed by atoms with van der Waals surface area (Å²) in [5.74, 6) is 0. The fourth-order valence-corrected chi connectivity index (χ4v) is 2.97. The third kappa shape index (κ3) is 4.68. The van der Waals surface area contributed by atoms with Crippen molar-refractivity contribution in [2.45, 2.75) is 6.04 Å². The quantitative estimate of drug-likeness (QED) is 0.662. The first kappa shape index (κ1) is 20.4. The van der Waals surface area contributed by atoms with Gasteiger partial charge in [0.2, 0.25) is 0 Å². The van der Waals surface area contributed by atoms with E-state index in [1.807, 2.05) is 30.3 Å². The number of nitro benzene ring substituents is 1. The molecule has 5 nitrogen and oxygen atoms in total. The molecule has 1 N–H and O–H groups in total. The Labute approximate surface area is 154 Å². The van der Waals surface area contributed by atoms with Gasteiger partial charge < -0.3 is 5.32 Å². The van der Waals surface area contributed by atoms with E-state index in [1.54, 1.807) is 12.1 Å². The second-order valence-corrected chi connectivity index (χ2v) is 5.45. The van der Waals surface area contributed by atoms with Crippen molar-refractivity contribution >= 4 is 30.5 Å². The van der Waals surface area contributed by atoms with Crippen molar-refractivity contribution in [2.75, 3.05) is 26.2 Å². The van der Waals surface area contributed by atoms with Gasteiger partial charge in [0.15, 0.2) is 0 Å². The lowest BCUT2D eigenvalue weighted by Crippen LogP contribution is -2.45. The maximum absolute atomic E-state index is 10.8. The zero-order valence-corrected chi connectivity index (χ0v) is 14.8. The van der Waals surface area contributed by atoms with Gasteiger partial charge in [-0.3, -0.25) is 15.0 Å². The highest BCUT2D eigenvalue weighted by Gasteiger charge is 2.24. The Balaban J connectivity index is 0.00000144. The first-order chi connectivity index (χ1) is 10.8. The number of hydrogen-bond donors (Lipinski definition) is 1. The van der Waals surface area contributed by atoms with Crippen molar-refractivity contribution in [1.29, 1.82) is 0 Å². The highest BCUT2D eigenvalue weighted by Crippen LogP contribution is 2.29. The molecule has 3 rings (SSSR count). The van der Waals surface area contributed by atoms with E-state index in [2.05, 4.69) is 22.3 Å². The highest BCUT2D eigenvalue weighted by molar-refractivity contribution is 5.85. The molecule has 1 heterocycles. The zero-order valence-electron chi connectivity index (χ0n) is 13.1. The molecule has 2 aromatic carbocycles. The van der Waals surface area contributed by atoms with E-state index < -0.39 is 0 Å². The average Bonchev–Trinajstić information content (AvgIpc) is 2.57. The van der Waals surface area contributed by atoms with Gasteiger partial charge in [0.25, 0.3) is 5.69 Å². The van der Waals surface area contributed by atoms with E-state index in [0.29, 0.717) is 0 Å². The minimum absolute atomic E-state index is 0. The number of non-ortho nitro benzene ring substituents is 1. The van der Waals surface area contributed by atoms with Crippen molar-refractivity contribution in [1.82, 2.24) is 10.2 Å². The van der Waals surface area contributed by atoms with Gasteiger partial charge in [-0.2, -0.15) is 0 Å². The molecule has 1 unspecified atom stereocenters. The van der Waals surface area contributed by atoms with Crippen molar-refractivity contribution < 1.29 is 4.92 Å². The topological polar surface area (TPSA) is 58.4 Å². The molecular formula is C17H21Cl2N3O2. The predicted molar refractivity (Wildman–Crippen MR) is 100 cm³/mol. The van der Waals surface area contributed by atoms with E-state index in [-0.39, 0.29) is 41.5 Å². The normalized spacial score (nSPS) is 15.7. The molecule has 0 spiro atoms. The van der Waals surface area contributed by atoms with Crippen LogP contribution in [-0.4, -0.2) is 36.0 Å². The summed E-state index contributed by atoms with van der Waals surface area (Å²) in [7, 11) is 0. The summed E-state index contributed by atoms with van der Waals surface area (Å²) < 4.78 is 0. The largest absolute Gasteiger partial charge is 0.314 e. The summed E-state index contributed by atoms with van der Waals surface area (Å²) in [6, 6.07) is 17.4. The molecule has 2 aromatic rings. The summed E-state index contributed by atoms with van der Waals surface area (Å²) in [4.78, 5) is 12.9. The first-order valence-corrected chi connectivity index (χ1v) is 7.50.